The summed E-state index contributed by atoms with van der Waals surface area (Å²) < 4.78 is 5.72. The molecule has 0 amide bonds. The summed E-state index contributed by atoms with van der Waals surface area (Å²) in [7, 11) is 0. The Balaban J connectivity index is 1.50. The highest BCUT2D eigenvalue weighted by molar-refractivity contribution is 5.70. The van der Waals surface area contributed by atoms with E-state index < -0.39 is 12.2 Å². The lowest BCUT2D eigenvalue weighted by molar-refractivity contribution is -0.0225. The predicted octanol–water partition coefficient (Wildman–Crippen LogP) is 4.20. The number of aliphatic hydroxyl groups excluding tert-OH is 2. The van der Waals surface area contributed by atoms with Gasteiger partial charge in [-0.25, -0.2) is 0 Å². The van der Waals surface area contributed by atoms with E-state index in [0.29, 0.717) is 6.42 Å². The number of ether oxygens (including phenoxy) is 1. The van der Waals surface area contributed by atoms with Crippen molar-refractivity contribution >= 4 is 0 Å². The maximum absolute atomic E-state index is 9.89. The first-order valence-corrected chi connectivity index (χ1v) is 8.95. The molecule has 26 heavy (non-hydrogen) atoms. The smallest absolute Gasteiger partial charge is 0.107 e. The van der Waals surface area contributed by atoms with Gasteiger partial charge in [-0.3, -0.25) is 0 Å². The van der Waals surface area contributed by atoms with E-state index in [1.807, 2.05) is 30.3 Å². The standard InChI is InChI=1S/C23H22O3/c24-15-23-21(25)14-22(26-23)20-12-10-19(11-13-20)18-8-6-17(7-9-18)16-4-2-1-3-5-16/h1-13,21-25H,14-15H2/t21-,22-,23-/m1/s1. The largest absolute Gasteiger partial charge is 0.394 e. The van der Waals surface area contributed by atoms with Gasteiger partial charge in [0.15, 0.2) is 0 Å². The second kappa shape index (κ2) is 7.42. The SMILES string of the molecule is OC[C@H]1O[C@@H](c2ccc(-c3ccc(-c4ccccc4)cc3)cc2)C[C@H]1O. The molecule has 1 fully saturated rings. The van der Waals surface area contributed by atoms with E-state index in [-0.39, 0.29) is 12.7 Å². The van der Waals surface area contributed by atoms with Crippen molar-refractivity contribution in [3.8, 4) is 22.3 Å². The zero-order chi connectivity index (χ0) is 17.9. The van der Waals surface area contributed by atoms with Crippen LogP contribution in [0.1, 0.15) is 18.1 Å². The van der Waals surface area contributed by atoms with Gasteiger partial charge >= 0.3 is 0 Å². The van der Waals surface area contributed by atoms with E-state index in [1.54, 1.807) is 0 Å². The molecule has 0 bridgehead atoms. The fraction of sp³-hybridized carbons (Fsp3) is 0.217. The lowest BCUT2D eigenvalue weighted by atomic mass is 9.98. The van der Waals surface area contributed by atoms with Crippen molar-refractivity contribution < 1.29 is 14.9 Å². The highest BCUT2D eigenvalue weighted by atomic mass is 16.5. The van der Waals surface area contributed by atoms with Crippen molar-refractivity contribution in [1.29, 1.82) is 0 Å². The third-order valence-corrected chi connectivity index (χ3v) is 5.01. The van der Waals surface area contributed by atoms with Gasteiger partial charge in [0.2, 0.25) is 0 Å². The maximum atomic E-state index is 9.89. The van der Waals surface area contributed by atoms with Crippen LogP contribution in [0.4, 0.5) is 0 Å². The Morgan fingerprint density at radius 2 is 1.23 bits per heavy atom. The van der Waals surface area contributed by atoms with Gasteiger partial charge in [0.05, 0.1) is 18.8 Å². The molecule has 0 saturated carbocycles. The Bertz CT molecular complexity index is 841. The summed E-state index contributed by atoms with van der Waals surface area (Å²) in [6.45, 7) is -0.149. The predicted molar refractivity (Wildman–Crippen MR) is 103 cm³/mol. The first kappa shape index (κ1) is 17.0. The molecule has 0 aromatic heterocycles. The van der Waals surface area contributed by atoms with Crippen LogP contribution in [0.3, 0.4) is 0 Å². The normalized spacial score (nSPS) is 22.5. The minimum Gasteiger partial charge on any atom is -0.394 e. The number of rotatable bonds is 4. The van der Waals surface area contributed by atoms with Crippen LogP contribution < -0.4 is 0 Å². The summed E-state index contributed by atoms with van der Waals surface area (Å²) in [4.78, 5) is 0. The van der Waals surface area contributed by atoms with Crippen LogP contribution in [0.15, 0.2) is 78.9 Å². The quantitative estimate of drug-likeness (QED) is 0.744. The zero-order valence-corrected chi connectivity index (χ0v) is 14.5. The summed E-state index contributed by atoms with van der Waals surface area (Å²) in [5.41, 5.74) is 5.76. The van der Waals surface area contributed by atoms with Crippen LogP contribution in [0.5, 0.6) is 0 Å². The van der Waals surface area contributed by atoms with Gasteiger partial charge < -0.3 is 14.9 Å². The number of aliphatic hydroxyl groups is 2. The Morgan fingerprint density at radius 3 is 1.73 bits per heavy atom. The van der Waals surface area contributed by atoms with Crippen molar-refractivity contribution in [2.45, 2.75) is 24.7 Å². The lowest BCUT2D eigenvalue weighted by Crippen LogP contribution is -2.24. The van der Waals surface area contributed by atoms with Crippen LogP contribution in [-0.2, 0) is 4.74 Å². The van der Waals surface area contributed by atoms with Gasteiger partial charge in [0.25, 0.3) is 0 Å². The average Bonchev–Trinajstić information content (AvgIpc) is 3.10. The van der Waals surface area contributed by atoms with Crippen molar-refractivity contribution in [3.05, 3.63) is 84.4 Å². The van der Waals surface area contributed by atoms with Crippen molar-refractivity contribution in [1.82, 2.24) is 0 Å². The first-order chi connectivity index (χ1) is 12.7. The molecule has 132 valence electrons. The van der Waals surface area contributed by atoms with Crippen LogP contribution >= 0.6 is 0 Å². The van der Waals surface area contributed by atoms with Crippen LogP contribution in [-0.4, -0.2) is 29.0 Å². The summed E-state index contributed by atoms with van der Waals surface area (Å²) in [6, 6.07) is 27.1. The maximum Gasteiger partial charge on any atom is 0.107 e. The molecule has 3 nitrogen and oxygen atoms in total. The molecule has 0 unspecified atom stereocenters. The Hall–Kier alpha value is -2.46. The molecule has 0 aliphatic carbocycles. The minimum atomic E-state index is -0.602. The average molecular weight is 346 g/mol. The Kier molecular flexibility index (Phi) is 4.85. The van der Waals surface area contributed by atoms with Crippen LogP contribution in [0.25, 0.3) is 22.3 Å². The minimum absolute atomic E-state index is 0.149. The summed E-state index contributed by atoms with van der Waals surface area (Å²) in [5, 5.41) is 19.1. The van der Waals surface area contributed by atoms with E-state index in [2.05, 4.69) is 48.5 Å². The topological polar surface area (TPSA) is 49.7 Å². The molecule has 4 rings (SSSR count). The molecular weight excluding hydrogens is 324 g/mol. The highest BCUT2D eigenvalue weighted by Crippen LogP contribution is 2.34. The molecule has 0 radical (unpaired) electrons. The van der Waals surface area contributed by atoms with Crippen LogP contribution in [0.2, 0.25) is 0 Å². The number of hydrogen-bond donors (Lipinski definition) is 2. The molecule has 3 aromatic carbocycles. The Labute approximate surface area is 153 Å². The fourth-order valence-electron chi connectivity index (χ4n) is 3.48. The van der Waals surface area contributed by atoms with E-state index in [9.17, 15) is 10.2 Å². The van der Waals surface area contributed by atoms with E-state index in [0.717, 1.165) is 16.7 Å². The number of benzene rings is 3. The molecule has 0 spiro atoms. The Morgan fingerprint density at radius 1 is 0.731 bits per heavy atom. The summed E-state index contributed by atoms with van der Waals surface area (Å²) in [6.07, 6.45) is -0.715. The molecule has 3 atom stereocenters. The van der Waals surface area contributed by atoms with Crippen molar-refractivity contribution in [2.75, 3.05) is 6.61 Å². The van der Waals surface area contributed by atoms with E-state index in [4.69, 9.17) is 4.74 Å². The van der Waals surface area contributed by atoms with Gasteiger partial charge in [0, 0.05) is 6.42 Å². The zero-order valence-electron chi connectivity index (χ0n) is 14.5. The molecule has 1 heterocycles. The van der Waals surface area contributed by atoms with E-state index in [1.165, 1.54) is 11.1 Å². The second-order valence-corrected chi connectivity index (χ2v) is 6.71. The van der Waals surface area contributed by atoms with Gasteiger partial charge in [-0.2, -0.15) is 0 Å². The molecule has 3 heteroatoms. The fourth-order valence-corrected chi connectivity index (χ4v) is 3.48. The molecule has 1 aliphatic rings. The molecule has 2 N–H and O–H groups in total. The van der Waals surface area contributed by atoms with Gasteiger partial charge in [-0.15, -0.1) is 0 Å². The van der Waals surface area contributed by atoms with Gasteiger partial charge in [-0.05, 0) is 27.8 Å². The van der Waals surface area contributed by atoms with E-state index >= 15 is 0 Å². The monoisotopic (exact) mass is 346 g/mol. The van der Waals surface area contributed by atoms with Gasteiger partial charge in [0.1, 0.15) is 6.10 Å². The lowest BCUT2D eigenvalue weighted by Gasteiger charge is -2.13. The molecular formula is C23H22O3. The van der Waals surface area contributed by atoms with Gasteiger partial charge in [-0.1, -0.05) is 78.9 Å². The number of hydrogen-bond acceptors (Lipinski definition) is 3. The molecule has 3 aromatic rings. The van der Waals surface area contributed by atoms with Crippen LogP contribution in [0, 0.1) is 0 Å². The third kappa shape index (κ3) is 3.42. The molecule has 1 saturated heterocycles. The van der Waals surface area contributed by atoms with Crippen molar-refractivity contribution in [2.24, 2.45) is 0 Å². The first-order valence-electron chi connectivity index (χ1n) is 8.95. The summed E-state index contributed by atoms with van der Waals surface area (Å²) in [5.74, 6) is 0. The second-order valence-electron chi connectivity index (χ2n) is 6.71. The third-order valence-electron chi connectivity index (χ3n) is 5.01. The molecule has 1 aliphatic heterocycles. The summed E-state index contributed by atoms with van der Waals surface area (Å²) >= 11 is 0. The van der Waals surface area contributed by atoms with Crippen molar-refractivity contribution in [3.63, 3.8) is 0 Å². The highest BCUT2D eigenvalue weighted by Gasteiger charge is 2.34.